The lowest BCUT2D eigenvalue weighted by Gasteiger charge is -2.35. The van der Waals surface area contributed by atoms with Crippen LogP contribution in [-0.4, -0.2) is 41.1 Å². The van der Waals surface area contributed by atoms with E-state index in [0.717, 1.165) is 19.3 Å². The maximum Gasteiger partial charge on any atom is 0.226 e. The Balaban J connectivity index is 2.66. The monoisotopic (exact) mass is 242 g/mol. The molecule has 1 rings (SSSR count). The molecule has 3 N–H and O–H groups in total. The Kier molecular flexibility index (Phi) is 5.40. The van der Waals surface area contributed by atoms with E-state index in [9.17, 15) is 4.79 Å². The van der Waals surface area contributed by atoms with E-state index in [1.54, 1.807) is 4.90 Å². The highest BCUT2D eigenvalue weighted by atomic mass is 16.3. The minimum atomic E-state index is 0.0260. The van der Waals surface area contributed by atoms with Crippen LogP contribution in [0.2, 0.25) is 0 Å². The molecule has 0 aromatic rings. The van der Waals surface area contributed by atoms with E-state index >= 15 is 0 Å². The van der Waals surface area contributed by atoms with E-state index in [-0.39, 0.29) is 30.5 Å². The van der Waals surface area contributed by atoms with Crippen molar-refractivity contribution < 1.29 is 9.90 Å². The van der Waals surface area contributed by atoms with Crippen LogP contribution >= 0.6 is 0 Å². The maximum atomic E-state index is 12.4. The number of nitrogens with two attached hydrogens (primary N) is 1. The molecule has 4 heteroatoms. The molecule has 0 heterocycles. The SMILES string of the molecule is CC1CC(N)CC(C(=O)N(CCO)C(C)C)C1. The van der Waals surface area contributed by atoms with E-state index in [1.807, 2.05) is 13.8 Å². The molecule has 1 aliphatic rings. The first-order valence-corrected chi connectivity index (χ1v) is 6.62. The number of amides is 1. The molecule has 4 nitrogen and oxygen atoms in total. The second-order valence-electron chi connectivity index (χ2n) is 5.62. The van der Waals surface area contributed by atoms with Gasteiger partial charge in [-0.15, -0.1) is 0 Å². The van der Waals surface area contributed by atoms with Gasteiger partial charge < -0.3 is 15.7 Å². The Hall–Kier alpha value is -0.610. The molecule has 1 fully saturated rings. The number of aliphatic hydroxyl groups excluding tert-OH is 1. The average molecular weight is 242 g/mol. The summed E-state index contributed by atoms with van der Waals surface area (Å²) in [7, 11) is 0. The number of hydrogen-bond acceptors (Lipinski definition) is 3. The zero-order valence-electron chi connectivity index (χ0n) is 11.2. The van der Waals surface area contributed by atoms with E-state index in [2.05, 4.69) is 6.92 Å². The van der Waals surface area contributed by atoms with Crippen molar-refractivity contribution >= 4 is 5.91 Å². The zero-order chi connectivity index (χ0) is 13.0. The van der Waals surface area contributed by atoms with Gasteiger partial charge in [-0.3, -0.25) is 4.79 Å². The molecular weight excluding hydrogens is 216 g/mol. The second-order valence-corrected chi connectivity index (χ2v) is 5.62. The molecule has 3 atom stereocenters. The molecule has 0 spiro atoms. The van der Waals surface area contributed by atoms with Gasteiger partial charge in [-0.2, -0.15) is 0 Å². The average Bonchev–Trinajstić information content (AvgIpc) is 2.23. The normalized spacial score (nSPS) is 29.4. The molecule has 0 aliphatic heterocycles. The summed E-state index contributed by atoms with van der Waals surface area (Å²) in [6.07, 6.45) is 2.74. The van der Waals surface area contributed by atoms with Gasteiger partial charge in [-0.25, -0.2) is 0 Å². The van der Waals surface area contributed by atoms with Crippen molar-refractivity contribution in [1.29, 1.82) is 0 Å². The Bertz CT molecular complexity index is 246. The Morgan fingerprint density at radius 3 is 2.53 bits per heavy atom. The van der Waals surface area contributed by atoms with Crippen LogP contribution in [0.5, 0.6) is 0 Å². The van der Waals surface area contributed by atoms with Crippen LogP contribution in [0, 0.1) is 11.8 Å². The topological polar surface area (TPSA) is 66.6 Å². The van der Waals surface area contributed by atoms with Crippen molar-refractivity contribution in [3.63, 3.8) is 0 Å². The first-order valence-electron chi connectivity index (χ1n) is 6.62. The number of rotatable bonds is 4. The van der Waals surface area contributed by atoms with Crippen molar-refractivity contribution in [2.45, 2.75) is 52.1 Å². The van der Waals surface area contributed by atoms with Gasteiger partial charge in [0.1, 0.15) is 0 Å². The maximum absolute atomic E-state index is 12.4. The molecule has 1 amide bonds. The summed E-state index contributed by atoms with van der Waals surface area (Å²) in [5, 5.41) is 9.02. The lowest BCUT2D eigenvalue weighted by Crippen LogP contribution is -2.46. The standard InChI is InChI=1S/C13H26N2O2/c1-9(2)15(4-5-16)13(17)11-6-10(3)7-12(14)8-11/h9-12,16H,4-8,14H2,1-3H3. The van der Waals surface area contributed by atoms with Gasteiger partial charge in [0.25, 0.3) is 0 Å². The number of carbonyl (C=O) groups excluding carboxylic acids is 1. The first kappa shape index (κ1) is 14.5. The molecule has 1 saturated carbocycles. The van der Waals surface area contributed by atoms with Gasteiger partial charge in [0.15, 0.2) is 0 Å². The summed E-state index contributed by atoms with van der Waals surface area (Å²) in [4.78, 5) is 14.2. The number of aliphatic hydroxyl groups is 1. The lowest BCUT2D eigenvalue weighted by molar-refractivity contribution is -0.139. The molecular formula is C13H26N2O2. The minimum absolute atomic E-state index is 0.0260. The second kappa shape index (κ2) is 6.36. The molecule has 0 bridgehead atoms. The largest absolute Gasteiger partial charge is 0.395 e. The molecule has 0 saturated heterocycles. The van der Waals surface area contributed by atoms with Crippen molar-refractivity contribution in [3.8, 4) is 0 Å². The predicted octanol–water partition coefficient (Wildman–Crippen LogP) is 0.979. The highest BCUT2D eigenvalue weighted by molar-refractivity contribution is 5.79. The van der Waals surface area contributed by atoms with Crippen molar-refractivity contribution in [3.05, 3.63) is 0 Å². The van der Waals surface area contributed by atoms with Gasteiger partial charge in [-0.05, 0) is 39.0 Å². The fourth-order valence-electron chi connectivity index (χ4n) is 2.82. The number of nitrogens with zero attached hydrogens (tertiary/aromatic N) is 1. The van der Waals surface area contributed by atoms with Crippen LogP contribution in [-0.2, 0) is 4.79 Å². The molecule has 0 radical (unpaired) electrons. The molecule has 100 valence electrons. The van der Waals surface area contributed by atoms with Crippen molar-refractivity contribution in [1.82, 2.24) is 4.90 Å². The fourth-order valence-corrected chi connectivity index (χ4v) is 2.82. The van der Waals surface area contributed by atoms with Crippen LogP contribution in [0.4, 0.5) is 0 Å². The molecule has 3 unspecified atom stereocenters. The molecule has 1 aliphatic carbocycles. The van der Waals surface area contributed by atoms with Crippen molar-refractivity contribution in [2.24, 2.45) is 17.6 Å². The minimum Gasteiger partial charge on any atom is -0.395 e. The van der Waals surface area contributed by atoms with E-state index in [0.29, 0.717) is 12.5 Å². The summed E-state index contributed by atoms with van der Waals surface area (Å²) in [6.45, 7) is 6.58. The third kappa shape index (κ3) is 3.96. The van der Waals surface area contributed by atoms with Gasteiger partial charge >= 0.3 is 0 Å². The third-order valence-corrected chi connectivity index (χ3v) is 3.58. The highest BCUT2D eigenvalue weighted by Crippen LogP contribution is 2.29. The molecule has 0 aromatic heterocycles. The molecule has 0 aromatic carbocycles. The van der Waals surface area contributed by atoms with E-state index in [1.165, 1.54) is 0 Å². The fraction of sp³-hybridized carbons (Fsp3) is 0.923. The Labute approximate surface area is 104 Å². The first-order chi connectivity index (χ1) is 7.95. The van der Waals surface area contributed by atoms with E-state index in [4.69, 9.17) is 10.8 Å². The van der Waals surface area contributed by atoms with Crippen LogP contribution in [0.25, 0.3) is 0 Å². The summed E-state index contributed by atoms with van der Waals surface area (Å²) < 4.78 is 0. The van der Waals surface area contributed by atoms with Crippen LogP contribution < -0.4 is 5.73 Å². The number of hydrogen-bond donors (Lipinski definition) is 2. The van der Waals surface area contributed by atoms with E-state index < -0.39 is 0 Å². The number of carbonyl (C=O) groups is 1. The lowest BCUT2D eigenvalue weighted by atomic mass is 9.79. The smallest absolute Gasteiger partial charge is 0.226 e. The van der Waals surface area contributed by atoms with Crippen LogP contribution in [0.15, 0.2) is 0 Å². The summed E-state index contributed by atoms with van der Waals surface area (Å²) in [6, 6.07) is 0.291. The van der Waals surface area contributed by atoms with Crippen molar-refractivity contribution in [2.75, 3.05) is 13.2 Å². The molecule has 17 heavy (non-hydrogen) atoms. The zero-order valence-corrected chi connectivity index (χ0v) is 11.2. The van der Waals surface area contributed by atoms with Gasteiger partial charge in [0.2, 0.25) is 5.91 Å². The van der Waals surface area contributed by atoms with Crippen LogP contribution in [0.3, 0.4) is 0 Å². The predicted molar refractivity (Wildman–Crippen MR) is 68.4 cm³/mol. The Morgan fingerprint density at radius 2 is 2.06 bits per heavy atom. The van der Waals surface area contributed by atoms with Gasteiger partial charge in [0.05, 0.1) is 6.61 Å². The highest BCUT2D eigenvalue weighted by Gasteiger charge is 2.32. The van der Waals surface area contributed by atoms with Gasteiger partial charge in [-0.1, -0.05) is 6.92 Å². The van der Waals surface area contributed by atoms with Gasteiger partial charge in [0, 0.05) is 24.5 Å². The summed E-state index contributed by atoms with van der Waals surface area (Å²) >= 11 is 0. The van der Waals surface area contributed by atoms with Crippen LogP contribution in [0.1, 0.15) is 40.0 Å². The summed E-state index contributed by atoms with van der Waals surface area (Å²) in [5.41, 5.74) is 5.98. The Morgan fingerprint density at radius 1 is 1.41 bits per heavy atom. The third-order valence-electron chi connectivity index (χ3n) is 3.58. The quantitative estimate of drug-likeness (QED) is 0.772. The summed E-state index contributed by atoms with van der Waals surface area (Å²) in [5.74, 6) is 0.731.